The summed E-state index contributed by atoms with van der Waals surface area (Å²) in [6, 6.07) is 0. The van der Waals surface area contributed by atoms with Crippen LogP contribution in [0, 0.1) is 0 Å². The molecule has 24 heteroatoms. The molecule has 0 aromatic heterocycles. The first kappa shape index (κ1) is 49.2. The molecule has 0 bridgehead atoms. The third-order valence-corrected chi connectivity index (χ3v) is 4.35. The average molecular weight is 558 g/mol. The fourth-order valence-corrected chi connectivity index (χ4v) is 3.70. The van der Waals surface area contributed by atoms with Gasteiger partial charge >= 0.3 is 201 Å². The summed E-state index contributed by atoms with van der Waals surface area (Å²) in [4.78, 5) is 52.4. The van der Waals surface area contributed by atoms with E-state index < -0.39 is 60.1 Å². The maximum absolute atomic E-state index is 10.9. The van der Waals surface area contributed by atoms with Gasteiger partial charge in [-0.05, 0) is 0 Å². The summed E-state index contributed by atoms with van der Waals surface area (Å²) in [7, 11) is -16.2. The molecule has 0 heterocycles. The van der Waals surface area contributed by atoms with E-state index in [0.29, 0.717) is 0 Å². The molecule has 1 aliphatic carbocycles. The fourth-order valence-electron chi connectivity index (χ4n) is 2.01. The quantitative estimate of drug-likeness (QED) is 0.108. The SMILES string of the molecule is O=P(O)(O)O[C@@H]1[C@H](O)[C@H](O)[C@@H](OP(=O)(O)O)[C@H](OP(=O)(O)O)[C@H]1O.[Na+].[Na+].[Na+].[Na+].[Na+].[Na+]. The molecule has 1 saturated carbocycles. The first-order valence-corrected chi connectivity index (χ1v) is 10.4. The largest absolute Gasteiger partial charge is 1.00 e. The minimum atomic E-state index is -5.43. The van der Waals surface area contributed by atoms with Crippen molar-refractivity contribution in [1.29, 1.82) is 0 Å². The predicted octanol–water partition coefficient (Wildman–Crippen LogP) is -21.5. The van der Waals surface area contributed by atoms with Crippen LogP contribution in [0.2, 0.25) is 0 Å². The van der Waals surface area contributed by atoms with E-state index in [4.69, 9.17) is 29.4 Å². The molecule has 0 amide bonds. The Bertz CT molecular complexity index is 595. The summed E-state index contributed by atoms with van der Waals surface area (Å²) in [5.74, 6) is 0. The van der Waals surface area contributed by atoms with Crippen LogP contribution in [-0.4, -0.2) is 81.3 Å². The van der Waals surface area contributed by atoms with Gasteiger partial charge in [0.25, 0.3) is 0 Å². The van der Waals surface area contributed by atoms with Crippen LogP contribution in [0.5, 0.6) is 0 Å². The molecule has 1 aliphatic rings. The van der Waals surface area contributed by atoms with Gasteiger partial charge in [-0.2, -0.15) is 0 Å². The molecule has 0 aromatic carbocycles. The maximum atomic E-state index is 10.9. The zero-order valence-electron chi connectivity index (χ0n) is 17.3. The van der Waals surface area contributed by atoms with Crippen LogP contribution in [0.1, 0.15) is 0 Å². The van der Waals surface area contributed by atoms with Gasteiger partial charge in [-0.15, -0.1) is 0 Å². The van der Waals surface area contributed by atoms with Crippen molar-refractivity contribution in [2.45, 2.75) is 36.6 Å². The van der Waals surface area contributed by atoms with Gasteiger partial charge in [-0.25, -0.2) is 13.7 Å². The fraction of sp³-hybridized carbons (Fsp3) is 1.00. The second kappa shape index (κ2) is 20.2. The molecule has 15 nitrogen and oxygen atoms in total. The van der Waals surface area contributed by atoms with Crippen molar-refractivity contribution < 1.29 is 249 Å². The van der Waals surface area contributed by atoms with E-state index in [0.717, 1.165) is 0 Å². The molecule has 0 aliphatic heterocycles. The summed E-state index contributed by atoms with van der Waals surface area (Å²) < 4.78 is 44.7. The van der Waals surface area contributed by atoms with E-state index in [1.165, 1.54) is 0 Å². The van der Waals surface area contributed by atoms with Crippen molar-refractivity contribution in [3.05, 3.63) is 0 Å². The number of aliphatic hydroxyl groups is 3. The second-order valence-electron chi connectivity index (χ2n) is 4.65. The van der Waals surface area contributed by atoms with Crippen LogP contribution in [0.3, 0.4) is 0 Å². The van der Waals surface area contributed by atoms with E-state index >= 15 is 0 Å². The van der Waals surface area contributed by atoms with Crippen LogP contribution in [0.15, 0.2) is 0 Å². The molecular formula is C6H15Na6O15P3+6. The Morgan fingerprint density at radius 1 is 0.433 bits per heavy atom. The molecule has 0 aromatic rings. The molecule has 30 heavy (non-hydrogen) atoms. The Labute approximate surface area is 303 Å². The zero-order chi connectivity index (χ0) is 19.1. The number of rotatable bonds is 6. The monoisotopic (exact) mass is 558 g/mol. The van der Waals surface area contributed by atoms with Crippen LogP contribution >= 0.6 is 23.5 Å². The van der Waals surface area contributed by atoms with Gasteiger partial charge in [-0.1, -0.05) is 0 Å². The smallest absolute Gasteiger partial charge is 0.387 e. The van der Waals surface area contributed by atoms with E-state index in [-0.39, 0.29) is 177 Å². The molecule has 144 valence electrons. The molecule has 6 atom stereocenters. The molecule has 1 rings (SSSR count). The molecule has 0 radical (unpaired) electrons. The first-order valence-electron chi connectivity index (χ1n) is 5.78. The van der Waals surface area contributed by atoms with Crippen LogP contribution in [0.4, 0.5) is 0 Å². The van der Waals surface area contributed by atoms with Crippen molar-refractivity contribution in [3.63, 3.8) is 0 Å². The number of phosphoric ester groups is 3. The predicted molar refractivity (Wildman–Crippen MR) is 68.8 cm³/mol. The van der Waals surface area contributed by atoms with Gasteiger partial charge < -0.3 is 44.7 Å². The number of hydrogen-bond donors (Lipinski definition) is 9. The van der Waals surface area contributed by atoms with Crippen molar-refractivity contribution >= 4 is 23.5 Å². The Morgan fingerprint density at radius 3 is 0.900 bits per heavy atom. The number of hydrogen-bond acceptors (Lipinski definition) is 9. The molecule has 0 saturated heterocycles. The minimum absolute atomic E-state index is 0. The van der Waals surface area contributed by atoms with E-state index in [2.05, 4.69) is 13.6 Å². The second-order valence-corrected chi connectivity index (χ2v) is 8.23. The Kier molecular flexibility index (Phi) is 33.1. The summed E-state index contributed by atoms with van der Waals surface area (Å²) in [6.45, 7) is 0. The van der Waals surface area contributed by atoms with E-state index in [1.54, 1.807) is 0 Å². The molecule has 0 spiro atoms. The topological polar surface area (TPSA) is 261 Å². The summed E-state index contributed by atoms with van der Waals surface area (Å²) in [5.41, 5.74) is 0. The van der Waals surface area contributed by atoms with Crippen molar-refractivity contribution in [3.8, 4) is 0 Å². The van der Waals surface area contributed by atoms with Crippen molar-refractivity contribution in [2.75, 3.05) is 0 Å². The Balaban J connectivity index is -0.000000240. The van der Waals surface area contributed by atoms with Gasteiger partial charge in [0.2, 0.25) is 0 Å². The molecule has 0 unspecified atom stereocenters. The average Bonchev–Trinajstić information content (AvgIpc) is 2.32. The zero-order valence-corrected chi connectivity index (χ0v) is 32.0. The summed E-state index contributed by atoms with van der Waals surface area (Å²) in [5, 5.41) is 29.3. The minimum Gasteiger partial charge on any atom is -0.387 e. The van der Waals surface area contributed by atoms with Gasteiger partial charge in [-0.3, -0.25) is 13.6 Å². The van der Waals surface area contributed by atoms with Gasteiger partial charge in [0, 0.05) is 0 Å². The summed E-state index contributed by atoms with van der Waals surface area (Å²) >= 11 is 0. The van der Waals surface area contributed by atoms with Crippen LogP contribution in [0.25, 0.3) is 0 Å². The Morgan fingerprint density at radius 2 is 0.633 bits per heavy atom. The van der Waals surface area contributed by atoms with Crippen LogP contribution < -0.4 is 177 Å². The third kappa shape index (κ3) is 18.5. The first-order chi connectivity index (χ1) is 10.5. The number of aliphatic hydroxyl groups excluding tert-OH is 3. The standard InChI is InChI=1S/C6H15O15P3.6Na/c7-1-2(8)5(20-23(13,14)15)6(21-24(16,17)18)3(9)4(1)19-22(10,11)12;;;;;;/h1-9H,(H2,10,11,12)(H2,13,14,15)(H2,16,17,18);;;;;;/q;6*+1/t1-,2+,3+,4-,5-,6-;;;;;;/m1....../s1. The third-order valence-electron chi connectivity index (χ3n) is 2.80. The van der Waals surface area contributed by atoms with Gasteiger partial charge in [0.1, 0.15) is 36.6 Å². The number of phosphoric acid groups is 3. The summed E-state index contributed by atoms with van der Waals surface area (Å²) in [6.07, 6.45) is -14.3. The van der Waals surface area contributed by atoms with Crippen molar-refractivity contribution in [1.82, 2.24) is 0 Å². The van der Waals surface area contributed by atoms with Gasteiger partial charge in [0.05, 0.1) is 0 Å². The van der Waals surface area contributed by atoms with E-state index in [1.807, 2.05) is 0 Å². The van der Waals surface area contributed by atoms with Crippen LogP contribution in [-0.2, 0) is 27.3 Å². The molecule has 1 fully saturated rings. The maximum Gasteiger partial charge on any atom is 1.00 e. The van der Waals surface area contributed by atoms with Crippen molar-refractivity contribution in [2.24, 2.45) is 0 Å². The Hall–Kier alpha value is 6.21. The molecular weight excluding hydrogens is 543 g/mol. The normalized spacial score (nSPS) is 28.7. The van der Waals surface area contributed by atoms with E-state index in [9.17, 15) is 29.0 Å². The van der Waals surface area contributed by atoms with Gasteiger partial charge in [0.15, 0.2) is 0 Å². The molecule has 9 N–H and O–H groups in total.